The van der Waals surface area contributed by atoms with Crippen LogP contribution in [0.1, 0.15) is 17.5 Å². The third-order valence-corrected chi connectivity index (χ3v) is 6.74. The summed E-state index contributed by atoms with van der Waals surface area (Å²) in [6.45, 7) is 1.71. The molecule has 0 radical (unpaired) electrons. The zero-order valence-electron chi connectivity index (χ0n) is 20.8. The molecular weight excluding hydrogens is 468 g/mol. The number of ether oxygens (including phenoxy) is 3. The molecule has 6 rings (SSSR count). The number of oxime groups is 1. The Morgan fingerprint density at radius 3 is 2.54 bits per heavy atom. The lowest BCUT2D eigenvalue weighted by molar-refractivity contribution is 0.174. The second-order valence-corrected chi connectivity index (χ2v) is 9.47. The molecule has 0 atom stereocenters. The van der Waals surface area contributed by atoms with Crippen molar-refractivity contribution in [3.8, 4) is 51.2 Å². The average Bonchev–Trinajstić information content (AvgIpc) is 3.66. The summed E-state index contributed by atoms with van der Waals surface area (Å²) >= 11 is 0. The Bertz CT molecular complexity index is 1470. The number of rotatable bonds is 7. The number of aryl methyl sites for hydroxylation is 1. The molecule has 0 unspecified atom stereocenters. The molecule has 8 nitrogen and oxygen atoms in total. The van der Waals surface area contributed by atoms with Gasteiger partial charge in [0, 0.05) is 28.8 Å². The maximum atomic E-state index is 9.33. The van der Waals surface area contributed by atoms with Crippen LogP contribution in [-0.2, 0) is 6.42 Å². The Balaban J connectivity index is 1.38. The van der Waals surface area contributed by atoms with Gasteiger partial charge in [0.05, 0.1) is 17.1 Å². The second kappa shape index (κ2) is 9.63. The van der Waals surface area contributed by atoms with Gasteiger partial charge in [0.15, 0.2) is 11.5 Å². The number of nitrogens with zero attached hydrogens (tertiary/aromatic N) is 3. The highest BCUT2D eigenvalue weighted by Gasteiger charge is 2.23. The predicted molar refractivity (Wildman–Crippen MR) is 142 cm³/mol. The first kappa shape index (κ1) is 23.1. The molecule has 4 aromatic rings. The van der Waals surface area contributed by atoms with Crippen molar-refractivity contribution in [1.29, 1.82) is 0 Å². The monoisotopic (exact) mass is 496 g/mol. The fourth-order valence-corrected chi connectivity index (χ4v) is 4.76. The molecule has 0 saturated carbocycles. The van der Waals surface area contributed by atoms with Gasteiger partial charge < -0.3 is 29.3 Å². The minimum Gasteiger partial charge on any atom is -0.492 e. The van der Waals surface area contributed by atoms with Crippen LogP contribution in [0.5, 0.6) is 17.2 Å². The molecule has 0 saturated heterocycles. The summed E-state index contributed by atoms with van der Waals surface area (Å²) in [5.41, 5.74) is 7.54. The number of imidazole rings is 1. The van der Waals surface area contributed by atoms with E-state index in [9.17, 15) is 5.21 Å². The summed E-state index contributed by atoms with van der Waals surface area (Å²) in [6.07, 6.45) is 1.58. The van der Waals surface area contributed by atoms with Gasteiger partial charge in [0.25, 0.3) is 0 Å². The summed E-state index contributed by atoms with van der Waals surface area (Å²) in [5, 5.41) is 12.8. The summed E-state index contributed by atoms with van der Waals surface area (Å²) in [4.78, 5) is 10.7. The molecule has 8 heteroatoms. The number of benzene rings is 3. The standard InChI is InChI=1S/C29H28N4O4/c1-33(2)13-14-35-22-8-3-18(4-9-22)29-30-27(20-5-10-23-19(15-20)6-11-24(23)32-34)28(31-29)21-7-12-25-26(16-21)37-17-36-25/h3-5,7-10,12,15-16,34H,6,11,13-14,17H2,1-2H3,(H,30,31)/b32-24+. The molecule has 3 aromatic carbocycles. The van der Waals surface area contributed by atoms with E-state index in [0.29, 0.717) is 6.61 Å². The Kier molecular flexibility index (Phi) is 6.02. The van der Waals surface area contributed by atoms with Crippen LogP contribution < -0.4 is 14.2 Å². The zero-order valence-corrected chi connectivity index (χ0v) is 20.8. The Morgan fingerprint density at radius 1 is 0.946 bits per heavy atom. The third-order valence-electron chi connectivity index (χ3n) is 6.74. The maximum absolute atomic E-state index is 9.33. The molecule has 2 aliphatic rings. The van der Waals surface area contributed by atoms with Gasteiger partial charge in [0.2, 0.25) is 6.79 Å². The van der Waals surface area contributed by atoms with Crippen molar-refractivity contribution in [2.24, 2.45) is 5.16 Å². The molecule has 1 aliphatic heterocycles. The van der Waals surface area contributed by atoms with Crippen molar-refractivity contribution < 1.29 is 19.4 Å². The summed E-state index contributed by atoms with van der Waals surface area (Å²) in [7, 11) is 4.05. The molecule has 37 heavy (non-hydrogen) atoms. The molecule has 0 bridgehead atoms. The van der Waals surface area contributed by atoms with E-state index in [4.69, 9.17) is 19.2 Å². The van der Waals surface area contributed by atoms with E-state index in [1.807, 2.05) is 68.7 Å². The lowest BCUT2D eigenvalue weighted by Gasteiger charge is -2.11. The Morgan fingerprint density at radius 2 is 1.73 bits per heavy atom. The molecule has 0 fully saturated rings. The van der Waals surface area contributed by atoms with E-state index in [2.05, 4.69) is 21.1 Å². The number of H-pyrrole nitrogens is 1. The van der Waals surface area contributed by atoms with Gasteiger partial charge in [-0.3, -0.25) is 0 Å². The van der Waals surface area contributed by atoms with E-state index in [0.717, 1.165) is 87.4 Å². The molecule has 1 aromatic heterocycles. The van der Waals surface area contributed by atoms with E-state index >= 15 is 0 Å². The largest absolute Gasteiger partial charge is 0.492 e. The number of likely N-dealkylation sites (N-methyl/N-ethyl adjacent to an activating group) is 1. The van der Waals surface area contributed by atoms with Crippen LogP contribution in [0.2, 0.25) is 0 Å². The van der Waals surface area contributed by atoms with Gasteiger partial charge in [-0.1, -0.05) is 17.3 Å². The van der Waals surface area contributed by atoms with Crippen LogP contribution in [0.25, 0.3) is 33.9 Å². The highest BCUT2D eigenvalue weighted by Crippen LogP contribution is 2.40. The van der Waals surface area contributed by atoms with Gasteiger partial charge in [0.1, 0.15) is 18.2 Å². The quantitative estimate of drug-likeness (QED) is 0.270. The summed E-state index contributed by atoms with van der Waals surface area (Å²) in [5.74, 6) is 3.05. The van der Waals surface area contributed by atoms with Crippen molar-refractivity contribution in [3.05, 3.63) is 71.8 Å². The smallest absolute Gasteiger partial charge is 0.231 e. The summed E-state index contributed by atoms with van der Waals surface area (Å²) in [6, 6.07) is 20.1. The fraction of sp³-hybridized carbons (Fsp3) is 0.241. The van der Waals surface area contributed by atoms with E-state index in [1.54, 1.807) is 0 Å². The zero-order chi connectivity index (χ0) is 25.4. The third kappa shape index (κ3) is 4.51. The number of hydrogen-bond acceptors (Lipinski definition) is 7. The van der Waals surface area contributed by atoms with Crippen LogP contribution in [0, 0.1) is 0 Å². The Hall–Kier alpha value is -4.30. The molecule has 2 N–H and O–H groups in total. The van der Waals surface area contributed by atoms with Crippen molar-refractivity contribution in [2.45, 2.75) is 12.8 Å². The number of aromatic amines is 1. The van der Waals surface area contributed by atoms with Crippen LogP contribution in [0.3, 0.4) is 0 Å². The van der Waals surface area contributed by atoms with Gasteiger partial charge in [-0.25, -0.2) is 4.98 Å². The number of hydrogen-bond donors (Lipinski definition) is 2. The molecule has 2 heterocycles. The lowest BCUT2D eigenvalue weighted by Crippen LogP contribution is -2.19. The van der Waals surface area contributed by atoms with Crippen molar-refractivity contribution in [2.75, 3.05) is 34.0 Å². The highest BCUT2D eigenvalue weighted by molar-refractivity contribution is 6.04. The fourth-order valence-electron chi connectivity index (χ4n) is 4.76. The van der Waals surface area contributed by atoms with Gasteiger partial charge in [-0.05, 0) is 81.0 Å². The first-order chi connectivity index (χ1) is 18.1. The van der Waals surface area contributed by atoms with E-state index in [-0.39, 0.29) is 6.79 Å². The average molecular weight is 497 g/mol. The van der Waals surface area contributed by atoms with Crippen LogP contribution in [0.15, 0.2) is 65.8 Å². The maximum Gasteiger partial charge on any atom is 0.231 e. The van der Waals surface area contributed by atoms with E-state index < -0.39 is 0 Å². The number of nitrogens with one attached hydrogen (secondary N) is 1. The SMILES string of the molecule is CN(C)CCOc1ccc(-c2nc(-c3ccc4c(c3)CC/C4=N\O)c(-c3ccc4c(c3)OCO4)[nH]2)cc1. The van der Waals surface area contributed by atoms with Gasteiger partial charge >= 0.3 is 0 Å². The molecule has 0 spiro atoms. The van der Waals surface area contributed by atoms with Crippen molar-refractivity contribution in [3.63, 3.8) is 0 Å². The van der Waals surface area contributed by atoms with Crippen molar-refractivity contribution >= 4 is 5.71 Å². The van der Waals surface area contributed by atoms with E-state index in [1.165, 1.54) is 0 Å². The van der Waals surface area contributed by atoms with Crippen LogP contribution in [-0.4, -0.2) is 59.8 Å². The topological polar surface area (TPSA) is 92.2 Å². The second-order valence-electron chi connectivity index (χ2n) is 9.47. The first-order valence-electron chi connectivity index (χ1n) is 12.3. The summed E-state index contributed by atoms with van der Waals surface area (Å²) < 4.78 is 17.0. The van der Waals surface area contributed by atoms with Crippen LogP contribution in [0.4, 0.5) is 0 Å². The highest BCUT2D eigenvalue weighted by atomic mass is 16.7. The van der Waals surface area contributed by atoms with Crippen LogP contribution >= 0.6 is 0 Å². The van der Waals surface area contributed by atoms with Gasteiger partial charge in [-0.2, -0.15) is 0 Å². The minimum absolute atomic E-state index is 0.225. The Labute approximate surface area is 215 Å². The number of fused-ring (bicyclic) bond motifs is 2. The lowest BCUT2D eigenvalue weighted by atomic mass is 10.0. The molecule has 188 valence electrons. The molecule has 0 amide bonds. The molecular formula is C29H28N4O4. The normalized spacial score (nSPS) is 14.9. The minimum atomic E-state index is 0.225. The molecule has 1 aliphatic carbocycles. The van der Waals surface area contributed by atoms with Crippen molar-refractivity contribution in [1.82, 2.24) is 14.9 Å². The number of aromatic nitrogens is 2. The first-order valence-corrected chi connectivity index (χ1v) is 12.3. The predicted octanol–water partition coefficient (Wildman–Crippen LogP) is 5.20. The van der Waals surface area contributed by atoms with Gasteiger partial charge in [-0.15, -0.1) is 0 Å².